The summed E-state index contributed by atoms with van der Waals surface area (Å²) in [6.45, 7) is 22.0. The van der Waals surface area contributed by atoms with Gasteiger partial charge in [0, 0.05) is 64.8 Å². The molecule has 244 valence electrons. The minimum atomic E-state index is -0.436. The zero-order valence-corrected chi connectivity index (χ0v) is 28.2. The van der Waals surface area contributed by atoms with Crippen LogP contribution in [0.3, 0.4) is 0 Å². The van der Waals surface area contributed by atoms with Gasteiger partial charge in [-0.2, -0.15) is 0 Å². The van der Waals surface area contributed by atoms with Gasteiger partial charge in [-0.05, 0) is 78.6 Å². The summed E-state index contributed by atoms with van der Waals surface area (Å²) in [6, 6.07) is 12.7. The highest BCUT2D eigenvalue weighted by molar-refractivity contribution is 5.68. The highest BCUT2D eigenvalue weighted by Gasteiger charge is 2.30. The molecule has 2 aliphatic rings. The third-order valence-corrected chi connectivity index (χ3v) is 7.65. The molecule has 2 atom stereocenters. The average Bonchev–Trinajstić information content (AvgIpc) is 2.98. The third-order valence-electron chi connectivity index (χ3n) is 7.65. The van der Waals surface area contributed by atoms with Crippen LogP contribution in [0.2, 0.25) is 0 Å². The summed E-state index contributed by atoms with van der Waals surface area (Å²) in [5, 5.41) is 0. The second-order valence-corrected chi connectivity index (χ2v) is 13.4. The molecule has 0 unspecified atom stereocenters. The van der Waals surface area contributed by atoms with Crippen molar-refractivity contribution in [2.24, 2.45) is 0 Å². The lowest BCUT2D eigenvalue weighted by Crippen LogP contribution is -2.50. The Morgan fingerprint density at radius 3 is 1.23 bits per heavy atom. The van der Waals surface area contributed by atoms with E-state index < -0.39 is 11.2 Å². The number of hydrogen-bond donors (Lipinski definition) is 0. The standard InChI is InChI=1S/2C17H27N3O2/c2*1-5-15(14-8-6-7-9-18-14)19-10-12-20(13-11-19)16(21)22-17(2,3)4/h2*6-9,15H,5,10-13H2,1-4H3/t2*15-/m10/s1. The van der Waals surface area contributed by atoms with Gasteiger partial charge < -0.3 is 19.3 Å². The molecule has 2 saturated heterocycles. The Bertz CT molecular complexity index is 1040. The monoisotopic (exact) mass is 610 g/mol. The van der Waals surface area contributed by atoms with Crippen LogP contribution >= 0.6 is 0 Å². The summed E-state index contributed by atoms with van der Waals surface area (Å²) in [7, 11) is 0. The second kappa shape index (κ2) is 16.2. The Labute approximate surface area is 264 Å². The molecule has 2 aliphatic heterocycles. The molecule has 0 saturated carbocycles. The first-order valence-corrected chi connectivity index (χ1v) is 16.1. The predicted octanol–water partition coefficient (Wildman–Crippen LogP) is 6.17. The van der Waals surface area contributed by atoms with Gasteiger partial charge in [0.05, 0.1) is 23.5 Å². The molecule has 10 heteroatoms. The van der Waals surface area contributed by atoms with Crippen LogP contribution in [0.1, 0.15) is 91.7 Å². The fourth-order valence-electron chi connectivity index (χ4n) is 5.54. The number of carbonyl (C=O) groups is 2. The minimum Gasteiger partial charge on any atom is -0.444 e. The number of carbonyl (C=O) groups excluding carboxylic acids is 2. The van der Waals surface area contributed by atoms with E-state index >= 15 is 0 Å². The molecule has 0 aromatic carbocycles. The molecule has 0 bridgehead atoms. The predicted molar refractivity (Wildman–Crippen MR) is 173 cm³/mol. The summed E-state index contributed by atoms with van der Waals surface area (Å²) in [5.74, 6) is 0. The summed E-state index contributed by atoms with van der Waals surface area (Å²) in [6.07, 6.45) is 5.30. The SMILES string of the molecule is CC[C@@H](c1ccccn1)N1CCN(C(=O)OC(C)(C)C)CC1.CC[C@H](c1ccccn1)N1CCN(C(=O)OC(C)(C)C)CC1. The van der Waals surface area contributed by atoms with E-state index in [1.54, 1.807) is 9.80 Å². The van der Waals surface area contributed by atoms with Crippen molar-refractivity contribution < 1.29 is 19.1 Å². The Balaban J connectivity index is 0.000000240. The lowest BCUT2D eigenvalue weighted by Gasteiger charge is -2.39. The van der Waals surface area contributed by atoms with Crippen LogP contribution in [0.4, 0.5) is 9.59 Å². The lowest BCUT2D eigenvalue weighted by molar-refractivity contribution is 0.00890. The zero-order valence-electron chi connectivity index (χ0n) is 28.2. The number of nitrogens with zero attached hydrogens (tertiary/aromatic N) is 6. The van der Waals surface area contributed by atoms with E-state index in [-0.39, 0.29) is 12.2 Å². The normalized spacial score (nSPS) is 18.1. The van der Waals surface area contributed by atoms with Gasteiger partial charge in [-0.15, -0.1) is 0 Å². The zero-order chi connectivity index (χ0) is 32.3. The van der Waals surface area contributed by atoms with Crippen LogP contribution in [0.5, 0.6) is 0 Å². The maximum atomic E-state index is 12.1. The van der Waals surface area contributed by atoms with Crippen molar-refractivity contribution in [3.05, 3.63) is 60.2 Å². The molecule has 0 aliphatic carbocycles. The van der Waals surface area contributed by atoms with Crippen LogP contribution in [0, 0.1) is 0 Å². The Morgan fingerprint density at radius 2 is 0.977 bits per heavy atom. The number of aromatic nitrogens is 2. The van der Waals surface area contributed by atoms with Gasteiger partial charge >= 0.3 is 12.2 Å². The number of amides is 2. The maximum Gasteiger partial charge on any atom is 0.410 e. The highest BCUT2D eigenvalue weighted by Crippen LogP contribution is 2.25. The number of rotatable bonds is 6. The van der Waals surface area contributed by atoms with Crippen LogP contribution in [0.15, 0.2) is 48.8 Å². The second-order valence-electron chi connectivity index (χ2n) is 13.4. The summed E-state index contributed by atoms with van der Waals surface area (Å²) >= 11 is 0. The van der Waals surface area contributed by atoms with Crippen LogP contribution in [-0.2, 0) is 9.47 Å². The van der Waals surface area contributed by atoms with E-state index in [1.807, 2.05) is 78.2 Å². The van der Waals surface area contributed by atoms with Gasteiger partial charge in [0.25, 0.3) is 0 Å². The summed E-state index contributed by atoms with van der Waals surface area (Å²) in [5.41, 5.74) is 1.34. The molecule has 2 fully saturated rings. The number of ether oxygens (including phenoxy) is 2. The van der Waals surface area contributed by atoms with E-state index in [4.69, 9.17) is 9.47 Å². The molecule has 2 aromatic heterocycles. The summed E-state index contributed by atoms with van der Waals surface area (Å²) in [4.78, 5) is 41.6. The van der Waals surface area contributed by atoms with Crippen molar-refractivity contribution in [3.8, 4) is 0 Å². The Kier molecular flexibility index (Phi) is 13.0. The fourth-order valence-corrected chi connectivity index (χ4v) is 5.54. The van der Waals surface area contributed by atoms with E-state index in [0.717, 1.165) is 50.4 Å². The molecule has 0 spiro atoms. The Hall–Kier alpha value is -3.24. The van der Waals surface area contributed by atoms with Crippen molar-refractivity contribution in [1.82, 2.24) is 29.6 Å². The minimum absolute atomic E-state index is 0.210. The quantitative estimate of drug-likeness (QED) is 0.384. The summed E-state index contributed by atoms with van der Waals surface area (Å²) < 4.78 is 10.9. The highest BCUT2D eigenvalue weighted by atomic mass is 16.6. The van der Waals surface area contributed by atoms with Crippen molar-refractivity contribution in [2.75, 3.05) is 52.4 Å². The van der Waals surface area contributed by atoms with E-state index in [0.29, 0.717) is 38.3 Å². The molecular formula is C34H54N6O4. The molecular weight excluding hydrogens is 556 g/mol. The van der Waals surface area contributed by atoms with Crippen molar-refractivity contribution in [3.63, 3.8) is 0 Å². The first-order chi connectivity index (χ1) is 20.8. The van der Waals surface area contributed by atoms with E-state index in [9.17, 15) is 9.59 Å². The van der Waals surface area contributed by atoms with E-state index in [1.165, 1.54) is 0 Å². The average molecular weight is 611 g/mol. The van der Waals surface area contributed by atoms with Gasteiger partial charge in [0.15, 0.2) is 0 Å². The number of piperazine rings is 2. The maximum absolute atomic E-state index is 12.1. The number of hydrogen-bond acceptors (Lipinski definition) is 8. The first-order valence-electron chi connectivity index (χ1n) is 16.1. The van der Waals surface area contributed by atoms with Crippen LogP contribution in [0.25, 0.3) is 0 Å². The topological polar surface area (TPSA) is 91.3 Å². The molecule has 10 nitrogen and oxygen atoms in total. The van der Waals surface area contributed by atoms with E-state index in [2.05, 4.69) is 45.7 Å². The number of pyridine rings is 2. The van der Waals surface area contributed by atoms with Crippen molar-refractivity contribution in [2.45, 2.75) is 91.5 Å². The largest absolute Gasteiger partial charge is 0.444 e. The van der Waals surface area contributed by atoms with Gasteiger partial charge in [0.2, 0.25) is 0 Å². The van der Waals surface area contributed by atoms with Gasteiger partial charge in [-0.25, -0.2) is 9.59 Å². The van der Waals surface area contributed by atoms with Gasteiger partial charge in [-0.1, -0.05) is 26.0 Å². The van der Waals surface area contributed by atoms with Crippen LogP contribution < -0.4 is 0 Å². The van der Waals surface area contributed by atoms with Gasteiger partial charge in [0.1, 0.15) is 11.2 Å². The molecule has 0 radical (unpaired) electrons. The van der Waals surface area contributed by atoms with Crippen molar-refractivity contribution in [1.29, 1.82) is 0 Å². The van der Waals surface area contributed by atoms with Crippen molar-refractivity contribution >= 4 is 12.2 Å². The molecule has 2 aromatic rings. The fraction of sp³-hybridized carbons (Fsp3) is 0.647. The van der Waals surface area contributed by atoms with Crippen LogP contribution in [-0.4, -0.2) is 105 Å². The lowest BCUT2D eigenvalue weighted by atomic mass is 10.1. The molecule has 2 amide bonds. The third kappa shape index (κ3) is 11.0. The Morgan fingerprint density at radius 1 is 0.636 bits per heavy atom. The molecule has 0 N–H and O–H groups in total. The molecule has 4 rings (SSSR count). The molecule has 44 heavy (non-hydrogen) atoms. The molecule has 4 heterocycles. The van der Waals surface area contributed by atoms with Gasteiger partial charge in [-0.3, -0.25) is 19.8 Å². The first kappa shape index (κ1) is 35.2. The smallest absolute Gasteiger partial charge is 0.410 e.